The lowest BCUT2D eigenvalue weighted by Crippen LogP contribution is -2.57. The van der Waals surface area contributed by atoms with E-state index in [-0.39, 0.29) is 0 Å². The molecule has 1 aromatic carbocycles. The fraction of sp³-hybridized carbons (Fsp3) is 0.800. The molecule has 0 spiro atoms. The predicted octanol–water partition coefficient (Wildman–Crippen LogP) is 8.42. The molecule has 2 aliphatic rings. The Hall–Kier alpha value is -0.860. The zero-order valence-corrected chi connectivity index (χ0v) is 21.1. The molecule has 182 valence electrons. The van der Waals surface area contributed by atoms with E-state index in [0.29, 0.717) is 12.1 Å². The Morgan fingerprint density at radius 3 is 1.78 bits per heavy atom. The van der Waals surface area contributed by atoms with E-state index in [1.807, 2.05) is 0 Å². The Kier molecular flexibility index (Phi) is 11.6. The largest absolute Gasteiger partial charge is 0.390 e. The highest BCUT2D eigenvalue weighted by Crippen LogP contribution is 2.42. The van der Waals surface area contributed by atoms with Crippen LogP contribution >= 0.6 is 0 Å². The molecule has 0 aliphatic carbocycles. The van der Waals surface area contributed by atoms with Gasteiger partial charge in [-0.05, 0) is 37.7 Å². The molecule has 2 bridgehead atoms. The van der Waals surface area contributed by atoms with Gasteiger partial charge in [-0.15, -0.1) is 0 Å². The molecule has 1 aromatic rings. The van der Waals surface area contributed by atoms with Crippen LogP contribution in [0.5, 0.6) is 0 Å². The lowest BCUT2D eigenvalue weighted by Gasteiger charge is -2.52. The minimum Gasteiger partial charge on any atom is -0.390 e. The van der Waals surface area contributed by atoms with Gasteiger partial charge in [0, 0.05) is 18.6 Å². The molecule has 2 fully saturated rings. The second kappa shape index (κ2) is 14.4. The molecule has 0 saturated carbocycles. The van der Waals surface area contributed by atoms with Crippen molar-refractivity contribution in [2.45, 2.75) is 153 Å². The second-order valence-corrected chi connectivity index (χ2v) is 11.0. The first-order valence-corrected chi connectivity index (χ1v) is 14.2. The van der Waals surface area contributed by atoms with E-state index in [0.717, 1.165) is 25.8 Å². The molecule has 0 radical (unpaired) electrons. The van der Waals surface area contributed by atoms with Gasteiger partial charge in [0.25, 0.3) is 0 Å². The molecule has 0 aromatic heterocycles. The zero-order chi connectivity index (χ0) is 22.5. The zero-order valence-electron chi connectivity index (χ0n) is 21.1. The van der Waals surface area contributed by atoms with Gasteiger partial charge >= 0.3 is 0 Å². The molecular weight excluding hydrogens is 390 g/mol. The van der Waals surface area contributed by atoms with E-state index in [4.69, 9.17) is 0 Å². The first-order chi connectivity index (χ1) is 15.7. The molecular formula is C30H51NO. The summed E-state index contributed by atoms with van der Waals surface area (Å²) in [7, 11) is 0. The number of aliphatic hydroxyl groups is 1. The van der Waals surface area contributed by atoms with Crippen molar-refractivity contribution >= 4 is 0 Å². The average Bonchev–Trinajstić information content (AvgIpc) is 2.78. The molecule has 32 heavy (non-hydrogen) atoms. The molecule has 3 rings (SSSR count). The fourth-order valence-corrected chi connectivity index (χ4v) is 6.35. The van der Waals surface area contributed by atoms with Gasteiger partial charge < -0.3 is 5.11 Å². The maximum Gasteiger partial charge on any atom is 0.0677 e. The molecule has 2 nitrogen and oxygen atoms in total. The third kappa shape index (κ3) is 8.82. The van der Waals surface area contributed by atoms with E-state index >= 15 is 0 Å². The smallest absolute Gasteiger partial charge is 0.0677 e. The number of fused-ring (bicyclic) bond motifs is 2. The van der Waals surface area contributed by atoms with E-state index in [9.17, 15) is 5.11 Å². The monoisotopic (exact) mass is 441 g/mol. The fourth-order valence-electron chi connectivity index (χ4n) is 6.35. The van der Waals surface area contributed by atoms with Crippen molar-refractivity contribution < 1.29 is 5.11 Å². The Balaban J connectivity index is 1.25. The summed E-state index contributed by atoms with van der Waals surface area (Å²) in [5.41, 5.74) is 1.02. The molecule has 2 atom stereocenters. The highest BCUT2D eigenvalue weighted by molar-refractivity contribution is 5.15. The van der Waals surface area contributed by atoms with Crippen LogP contribution in [0, 0.1) is 0 Å². The molecule has 2 saturated heterocycles. The van der Waals surface area contributed by atoms with Crippen LogP contribution in [-0.4, -0.2) is 27.7 Å². The molecule has 2 heteroatoms. The van der Waals surface area contributed by atoms with E-state index < -0.39 is 5.60 Å². The summed E-state index contributed by atoms with van der Waals surface area (Å²) in [5, 5.41) is 11.4. The lowest BCUT2D eigenvalue weighted by atomic mass is 9.73. The highest BCUT2D eigenvalue weighted by atomic mass is 16.3. The third-order valence-corrected chi connectivity index (χ3v) is 8.20. The quantitative estimate of drug-likeness (QED) is 0.260. The van der Waals surface area contributed by atoms with Crippen LogP contribution < -0.4 is 0 Å². The average molecular weight is 442 g/mol. The van der Waals surface area contributed by atoms with Crippen LogP contribution in [0.15, 0.2) is 30.3 Å². The highest BCUT2D eigenvalue weighted by Gasteiger charge is 2.44. The predicted molar refractivity (Wildman–Crippen MR) is 138 cm³/mol. The van der Waals surface area contributed by atoms with Crippen molar-refractivity contribution in [1.82, 2.24) is 4.90 Å². The molecule has 2 aliphatic heterocycles. The summed E-state index contributed by atoms with van der Waals surface area (Å²) >= 11 is 0. The third-order valence-electron chi connectivity index (χ3n) is 8.20. The van der Waals surface area contributed by atoms with Gasteiger partial charge in [-0.2, -0.15) is 0 Å². The van der Waals surface area contributed by atoms with E-state index in [2.05, 4.69) is 42.2 Å². The molecule has 2 heterocycles. The normalized spacial score (nSPS) is 25.8. The van der Waals surface area contributed by atoms with Crippen molar-refractivity contribution in [3.05, 3.63) is 35.9 Å². The van der Waals surface area contributed by atoms with E-state index in [1.165, 1.54) is 108 Å². The van der Waals surface area contributed by atoms with Gasteiger partial charge in [-0.25, -0.2) is 0 Å². The van der Waals surface area contributed by atoms with Crippen molar-refractivity contribution in [2.75, 3.05) is 0 Å². The summed E-state index contributed by atoms with van der Waals surface area (Å²) in [6, 6.07) is 12.1. The van der Waals surface area contributed by atoms with Gasteiger partial charge in [-0.1, -0.05) is 127 Å². The topological polar surface area (TPSA) is 23.5 Å². The lowest BCUT2D eigenvalue weighted by molar-refractivity contribution is -0.0999. The Morgan fingerprint density at radius 1 is 0.750 bits per heavy atom. The molecule has 0 amide bonds. The van der Waals surface area contributed by atoms with Crippen LogP contribution in [0.1, 0.15) is 134 Å². The number of hydrogen-bond acceptors (Lipinski definition) is 2. The first kappa shape index (κ1) is 25.8. The van der Waals surface area contributed by atoms with Gasteiger partial charge in [0.05, 0.1) is 5.60 Å². The Bertz CT molecular complexity index is 586. The summed E-state index contributed by atoms with van der Waals surface area (Å²) in [5.74, 6) is 0. The van der Waals surface area contributed by atoms with Crippen LogP contribution in [0.3, 0.4) is 0 Å². The van der Waals surface area contributed by atoms with Crippen molar-refractivity contribution in [3.8, 4) is 0 Å². The second-order valence-electron chi connectivity index (χ2n) is 11.0. The van der Waals surface area contributed by atoms with E-state index in [1.54, 1.807) is 0 Å². The minimum absolute atomic E-state index is 0.402. The maximum absolute atomic E-state index is 11.4. The number of rotatable bonds is 16. The number of unbranched alkanes of at least 4 members (excludes halogenated alkanes) is 12. The van der Waals surface area contributed by atoms with Gasteiger partial charge in [-0.3, -0.25) is 4.90 Å². The van der Waals surface area contributed by atoms with Gasteiger partial charge in [0.2, 0.25) is 0 Å². The summed E-state index contributed by atoms with van der Waals surface area (Å²) < 4.78 is 0. The Labute approximate surface area is 199 Å². The standard InChI is InChI=1S/C30H51NO/c1-2-3-4-5-6-7-8-9-10-11-12-13-17-23-30(32)24-28-21-18-22-29(25-30)31(28)26-27-19-15-14-16-20-27/h14-16,19-20,28-29,32H,2-13,17-18,21-26H2,1H3. The number of nitrogens with zero attached hydrogens (tertiary/aromatic N) is 1. The molecule has 1 N–H and O–H groups in total. The van der Waals surface area contributed by atoms with Crippen LogP contribution in [0.2, 0.25) is 0 Å². The summed E-state index contributed by atoms with van der Waals surface area (Å²) in [6.45, 7) is 3.35. The minimum atomic E-state index is -0.402. The van der Waals surface area contributed by atoms with Crippen LogP contribution in [0.25, 0.3) is 0 Å². The number of piperidine rings is 2. The van der Waals surface area contributed by atoms with Crippen molar-refractivity contribution in [2.24, 2.45) is 0 Å². The van der Waals surface area contributed by atoms with Crippen LogP contribution in [-0.2, 0) is 6.54 Å². The first-order valence-electron chi connectivity index (χ1n) is 14.2. The van der Waals surface area contributed by atoms with Gasteiger partial charge in [0.1, 0.15) is 0 Å². The van der Waals surface area contributed by atoms with Crippen molar-refractivity contribution in [3.63, 3.8) is 0 Å². The molecule has 2 unspecified atom stereocenters. The summed E-state index contributed by atoms with van der Waals surface area (Å²) in [6.07, 6.45) is 25.0. The Morgan fingerprint density at radius 2 is 1.25 bits per heavy atom. The van der Waals surface area contributed by atoms with Crippen LogP contribution in [0.4, 0.5) is 0 Å². The van der Waals surface area contributed by atoms with Crippen molar-refractivity contribution in [1.29, 1.82) is 0 Å². The SMILES string of the molecule is CCCCCCCCCCCCCCCC1(O)CC2CCCC(C1)N2Cc1ccccc1. The number of benzene rings is 1. The number of hydrogen-bond donors (Lipinski definition) is 1. The summed E-state index contributed by atoms with van der Waals surface area (Å²) in [4.78, 5) is 2.72. The van der Waals surface area contributed by atoms with Gasteiger partial charge in [0.15, 0.2) is 0 Å². The maximum atomic E-state index is 11.4.